The van der Waals surface area contributed by atoms with Crippen LogP contribution in [0, 0.1) is 17.3 Å². The highest BCUT2D eigenvalue weighted by Gasteiger charge is 2.48. The average molecular weight is 334 g/mol. The van der Waals surface area contributed by atoms with Crippen LogP contribution in [-0.4, -0.2) is 42.0 Å². The molecule has 1 heterocycles. The number of hydrogen-bond acceptors (Lipinski definition) is 2. The van der Waals surface area contributed by atoms with Crippen LogP contribution < -0.4 is 5.32 Å². The van der Waals surface area contributed by atoms with Gasteiger partial charge in [0.1, 0.15) is 6.04 Å². The zero-order valence-corrected chi connectivity index (χ0v) is 13.9. The summed E-state index contributed by atoms with van der Waals surface area (Å²) in [5, 5.41) is 2.17. The van der Waals surface area contributed by atoms with Crippen LogP contribution in [0.15, 0.2) is 0 Å². The summed E-state index contributed by atoms with van der Waals surface area (Å²) in [6, 6.07) is -1.89. The van der Waals surface area contributed by atoms with Gasteiger partial charge in [0.05, 0.1) is 5.92 Å². The Kier molecular flexibility index (Phi) is 4.97. The second-order valence-electron chi connectivity index (χ2n) is 7.75. The summed E-state index contributed by atoms with van der Waals surface area (Å²) in [7, 11) is 0. The van der Waals surface area contributed by atoms with Crippen molar-refractivity contribution in [1.29, 1.82) is 0 Å². The fourth-order valence-electron chi connectivity index (χ4n) is 3.03. The van der Waals surface area contributed by atoms with Crippen molar-refractivity contribution in [2.24, 2.45) is 17.3 Å². The van der Waals surface area contributed by atoms with E-state index in [1.807, 2.05) is 0 Å². The fraction of sp³-hybridized carbons (Fsp3) is 0.875. The number of amides is 2. The lowest BCUT2D eigenvalue weighted by Gasteiger charge is -2.36. The third kappa shape index (κ3) is 4.61. The normalized spacial score (nSPS) is 24.3. The Morgan fingerprint density at radius 2 is 1.70 bits per heavy atom. The maximum absolute atomic E-state index is 13.2. The van der Waals surface area contributed by atoms with Crippen molar-refractivity contribution in [3.8, 4) is 0 Å². The van der Waals surface area contributed by atoms with Gasteiger partial charge < -0.3 is 10.2 Å². The van der Waals surface area contributed by atoms with E-state index in [2.05, 4.69) is 5.32 Å². The molecule has 2 fully saturated rings. The molecule has 1 N–H and O–H groups in total. The topological polar surface area (TPSA) is 49.4 Å². The van der Waals surface area contributed by atoms with Gasteiger partial charge in [-0.1, -0.05) is 20.8 Å². The zero-order valence-electron chi connectivity index (χ0n) is 13.9. The molecule has 1 saturated heterocycles. The van der Waals surface area contributed by atoms with Gasteiger partial charge in [-0.25, -0.2) is 0 Å². The van der Waals surface area contributed by atoms with E-state index in [-0.39, 0.29) is 18.4 Å². The van der Waals surface area contributed by atoms with Crippen molar-refractivity contribution < 1.29 is 22.8 Å². The molecule has 2 unspecified atom stereocenters. The zero-order chi connectivity index (χ0) is 17.4. The summed E-state index contributed by atoms with van der Waals surface area (Å²) in [6.07, 6.45) is -1.55. The smallest absolute Gasteiger partial charge is 0.344 e. The molecule has 2 rings (SSSR count). The molecular weight excluding hydrogens is 309 g/mol. The Labute approximate surface area is 134 Å². The van der Waals surface area contributed by atoms with Crippen LogP contribution in [0.3, 0.4) is 0 Å². The maximum atomic E-state index is 13.2. The van der Waals surface area contributed by atoms with Crippen LogP contribution >= 0.6 is 0 Å². The number of halogens is 3. The number of alkyl halides is 3. The Balaban J connectivity index is 1.99. The number of rotatable bonds is 3. The van der Waals surface area contributed by atoms with Crippen molar-refractivity contribution in [2.45, 2.75) is 58.7 Å². The third-order valence-corrected chi connectivity index (χ3v) is 4.51. The predicted octanol–water partition coefficient (Wildman–Crippen LogP) is 2.73. The molecule has 1 aliphatic heterocycles. The van der Waals surface area contributed by atoms with Gasteiger partial charge in [0, 0.05) is 19.0 Å². The average Bonchev–Trinajstić information content (AvgIpc) is 3.25. The summed E-state index contributed by atoms with van der Waals surface area (Å²) in [6.45, 7) is 5.19. The highest BCUT2D eigenvalue weighted by Crippen LogP contribution is 2.35. The van der Waals surface area contributed by atoms with Crippen molar-refractivity contribution >= 4 is 11.8 Å². The molecule has 23 heavy (non-hydrogen) atoms. The lowest BCUT2D eigenvalue weighted by atomic mass is 9.85. The summed E-state index contributed by atoms with van der Waals surface area (Å²) in [4.78, 5) is 26.0. The first-order chi connectivity index (χ1) is 10.5. The summed E-state index contributed by atoms with van der Waals surface area (Å²) < 4.78 is 39.5. The maximum Gasteiger partial charge on any atom is 0.409 e. The van der Waals surface area contributed by atoms with Crippen LogP contribution in [0.4, 0.5) is 13.2 Å². The van der Waals surface area contributed by atoms with E-state index in [0.29, 0.717) is 19.4 Å². The minimum absolute atomic E-state index is 0.0469. The Morgan fingerprint density at radius 3 is 2.17 bits per heavy atom. The van der Waals surface area contributed by atoms with Gasteiger partial charge in [-0.2, -0.15) is 13.2 Å². The fourth-order valence-corrected chi connectivity index (χ4v) is 3.03. The van der Waals surface area contributed by atoms with Gasteiger partial charge >= 0.3 is 6.18 Å². The first-order valence-electron chi connectivity index (χ1n) is 8.16. The monoisotopic (exact) mass is 334 g/mol. The second-order valence-corrected chi connectivity index (χ2v) is 7.75. The van der Waals surface area contributed by atoms with Gasteiger partial charge in [0.15, 0.2) is 0 Å². The van der Waals surface area contributed by atoms with Gasteiger partial charge in [0.2, 0.25) is 11.8 Å². The number of likely N-dealkylation sites (tertiary alicyclic amines) is 1. The van der Waals surface area contributed by atoms with E-state index in [1.54, 1.807) is 4.90 Å². The molecule has 1 saturated carbocycles. The minimum Gasteiger partial charge on any atom is -0.344 e. The number of piperidine rings is 1. The molecule has 0 radical (unpaired) electrons. The summed E-state index contributed by atoms with van der Waals surface area (Å²) >= 11 is 0. The molecule has 0 aromatic heterocycles. The van der Waals surface area contributed by atoms with Crippen molar-refractivity contribution in [3.63, 3.8) is 0 Å². The molecule has 4 nitrogen and oxygen atoms in total. The molecule has 0 bridgehead atoms. The predicted molar refractivity (Wildman–Crippen MR) is 79.5 cm³/mol. The SMILES string of the molecule is CC(C)(C)C(NC(=O)C1CCCN(C(=O)C2CC2)C1)C(F)(F)F. The molecule has 0 aromatic rings. The van der Waals surface area contributed by atoms with Crippen LogP contribution in [-0.2, 0) is 9.59 Å². The van der Waals surface area contributed by atoms with Gasteiger partial charge in [-0.3, -0.25) is 9.59 Å². The quantitative estimate of drug-likeness (QED) is 0.863. The van der Waals surface area contributed by atoms with Crippen LogP contribution in [0.5, 0.6) is 0 Å². The van der Waals surface area contributed by atoms with E-state index >= 15 is 0 Å². The van der Waals surface area contributed by atoms with E-state index in [4.69, 9.17) is 0 Å². The van der Waals surface area contributed by atoms with Gasteiger partial charge in [0.25, 0.3) is 0 Å². The lowest BCUT2D eigenvalue weighted by molar-refractivity contribution is -0.182. The first-order valence-corrected chi connectivity index (χ1v) is 8.16. The molecule has 0 aromatic carbocycles. The van der Waals surface area contributed by atoms with E-state index < -0.39 is 29.5 Å². The van der Waals surface area contributed by atoms with Crippen LogP contribution in [0.1, 0.15) is 46.5 Å². The number of carbonyl (C=O) groups is 2. The number of nitrogens with one attached hydrogen (secondary N) is 1. The highest BCUT2D eigenvalue weighted by atomic mass is 19.4. The largest absolute Gasteiger partial charge is 0.409 e. The molecule has 2 amide bonds. The number of hydrogen-bond donors (Lipinski definition) is 1. The van der Waals surface area contributed by atoms with Crippen molar-refractivity contribution in [2.75, 3.05) is 13.1 Å². The van der Waals surface area contributed by atoms with Crippen LogP contribution in [0.2, 0.25) is 0 Å². The number of nitrogens with zero attached hydrogens (tertiary/aromatic N) is 1. The standard InChI is InChI=1S/C16H25F3N2O2/c1-15(2,3)14(16(17,18)19)20-12(22)11-5-4-8-21(9-11)13(23)10-6-7-10/h10-11,14H,4-9H2,1-3H3,(H,20,22). The molecule has 132 valence electrons. The van der Waals surface area contributed by atoms with Gasteiger partial charge in [-0.05, 0) is 31.1 Å². The van der Waals surface area contributed by atoms with Crippen LogP contribution in [0.25, 0.3) is 0 Å². The highest BCUT2D eigenvalue weighted by molar-refractivity contribution is 5.83. The Morgan fingerprint density at radius 1 is 1.09 bits per heavy atom. The summed E-state index contributed by atoms with van der Waals surface area (Å²) in [5.74, 6) is -1.05. The lowest BCUT2D eigenvalue weighted by Crippen LogP contribution is -2.56. The molecule has 2 atom stereocenters. The minimum atomic E-state index is -4.49. The summed E-state index contributed by atoms with van der Waals surface area (Å²) in [5.41, 5.74) is -1.12. The molecular formula is C16H25F3N2O2. The van der Waals surface area contributed by atoms with E-state index in [1.165, 1.54) is 20.8 Å². The molecule has 0 spiro atoms. The Hall–Kier alpha value is -1.27. The Bertz CT molecular complexity index is 453. The molecule has 1 aliphatic carbocycles. The third-order valence-electron chi connectivity index (χ3n) is 4.51. The van der Waals surface area contributed by atoms with Crippen molar-refractivity contribution in [3.05, 3.63) is 0 Å². The molecule has 7 heteroatoms. The van der Waals surface area contributed by atoms with E-state index in [9.17, 15) is 22.8 Å². The molecule has 2 aliphatic rings. The van der Waals surface area contributed by atoms with E-state index in [0.717, 1.165) is 12.8 Å². The van der Waals surface area contributed by atoms with Crippen molar-refractivity contribution in [1.82, 2.24) is 10.2 Å². The number of carbonyl (C=O) groups excluding carboxylic acids is 2. The second kappa shape index (κ2) is 6.32. The first kappa shape index (κ1) is 18.1. The van der Waals surface area contributed by atoms with Gasteiger partial charge in [-0.15, -0.1) is 0 Å².